The first-order valence-electron chi connectivity index (χ1n) is 7.37. The van der Waals surface area contributed by atoms with Gasteiger partial charge in [-0.25, -0.2) is 18.6 Å². The van der Waals surface area contributed by atoms with Gasteiger partial charge in [0.2, 0.25) is 10.0 Å². The minimum atomic E-state index is -3.66. The van der Waals surface area contributed by atoms with E-state index >= 15 is 0 Å². The molecule has 0 saturated heterocycles. The first kappa shape index (κ1) is 20.2. The second-order valence-corrected chi connectivity index (χ2v) is 6.96. The van der Waals surface area contributed by atoms with Crippen LogP contribution in [0.2, 0.25) is 0 Å². The van der Waals surface area contributed by atoms with Gasteiger partial charge in [0.25, 0.3) is 5.91 Å². The molecule has 0 heterocycles. The number of rotatable bonds is 7. The Balaban J connectivity index is 2.85. The van der Waals surface area contributed by atoms with Gasteiger partial charge in [0, 0.05) is 31.1 Å². The monoisotopic (exact) mass is 376 g/mol. The Morgan fingerprint density at radius 3 is 2.42 bits per heavy atom. The summed E-state index contributed by atoms with van der Waals surface area (Å²) < 4.78 is 26.2. The maximum atomic E-state index is 12.5. The van der Waals surface area contributed by atoms with Crippen LogP contribution in [0, 0.1) is 0 Å². The molecule has 8 nitrogen and oxygen atoms in total. The number of hydrazine groups is 1. The minimum Gasteiger partial charge on any atom is -0.336 e. The van der Waals surface area contributed by atoms with Gasteiger partial charge in [-0.05, 0) is 18.2 Å². The summed E-state index contributed by atoms with van der Waals surface area (Å²) in [4.78, 5) is 23.4. The van der Waals surface area contributed by atoms with Crippen LogP contribution in [0.25, 0.3) is 0 Å². The molecule has 0 aromatic heterocycles. The highest BCUT2D eigenvalue weighted by molar-refractivity contribution is 7.89. The van der Waals surface area contributed by atoms with Crippen molar-refractivity contribution in [2.24, 2.45) is 0 Å². The molecule has 3 amide bonds. The van der Waals surface area contributed by atoms with Gasteiger partial charge in [-0.3, -0.25) is 10.2 Å². The van der Waals surface area contributed by atoms with Crippen molar-refractivity contribution in [3.8, 4) is 0 Å². The number of hydrogen-bond acceptors (Lipinski definition) is 4. The third-order valence-electron chi connectivity index (χ3n) is 3.11. The molecule has 0 unspecified atom stereocenters. The van der Waals surface area contributed by atoms with Crippen LogP contribution in [-0.4, -0.2) is 50.2 Å². The third kappa shape index (κ3) is 5.36. The molecule has 0 radical (unpaired) electrons. The number of hydrogen-bond donors (Lipinski definition) is 3. The molecule has 24 heavy (non-hydrogen) atoms. The number of alkyl halides is 1. The second kappa shape index (κ2) is 9.45. The van der Waals surface area contributed by atoms with E-state index in [2.05, 4.69) is 16.2 Å². The van der Waals surface area contributed by atoms with E-state index in [1.165, 1.54) is 28.6 Å². The van der Waals surface area contributed by atoms with E-state index in [0.29, 0.717) is 13.1 Å². The highest BCUT2D eigenvalue weighted by Crippen LogP contribution is 2.16. The molecule has 1 aromatic carbocycles. The maximum absolute atomic E-state index is 12.5. The lowest BCUT2D eigenvalue weighted by Gasteiger charge is -2.18. The van der Waals surface area contributed by atoms with Gasteiger partial charge in [-0.15, -0.1) is 11.6 Å². The average Bonchev–Trinajstić information content (AvgIpc) is 2.58. The predicted octanol–water partition coefficient (Wildman–Crippen LogP) is 0.900. The fourth-order valence-corrected chi connectivity index (χ4v) is 3.50. The van der Waals surface area contributed by atoms with Crippen molar-refractivity contribution < 1.29 is 18.0 Å². The lowest BCUT2D eigenvalue weighted by molar-refractivity contribution is 0.0936. The third-order valence-corrected chi connectivity index (χ3v) is 5.34. The van der Waals surface area contributed by atoms with Gasteiger partial charge in [-0.2, -0.15) is 4.31 Å². The molecular formula is C14H21ClN4O4S. The molecule has 1 rings (SSSR count). The second-order valence-electron chi connectivity index (χ2n) is 4.64. The van der Waals surface area contributed by atoms with Crippen LogP contribution < -0.4 is 16.2 Å². The number of amides is 3. The van der Waals surface area contributed by atoms with Crippen molar-refractivity contribution in [1.82, 2.24) is 20.5 Å². The van der Waals surface area contributed by atoms with Crippen molar-refractivity contribution in [3.05, 3.63) is 29.8 Å². The van der Waals surface area contributed by atoms with Crippen LogP contribution in [0.1, 0.15) is 24.2 Å². The summed E-state index contributed by atoms with van der Waals surface area (Å²) in [7, 11) is -3.66. The van der Waals surface area contributed by atoms with E-state index in [-0.39, 0.29) is 22.9 Å². The van der Waals surface area contributed by atoms with Gasteiger partial charge >= 0.3 is 6.03 Å². The zero-order chi connectivity index (χ0) is 18.2. The normalized spacial score (nSPS) is 11.2. The number of benzene rings is 1. The van der Waals surface area contributed by atoms with Gasteiger partial charge in [0.05, 0.1) is 4.90 Å². The Kier molecular flexibility index (Phi) is 7.96. The van der Waals surface area contributed by atoms with Crippen LogP contribution in [0.15, 0.2) is 29.2 Å². The van der Waals surface area contributed by atoms with Gasteiger partial charge in [-0.1, -0.05) is 19.9 Å². The number of sulfonamides is 1. The highest BCUT2D eigenvalue weighted by atomic mass is 35.5. The molecule has 134 valence electrons. The molecule has 0 aliphatic rings. The van der Waals surface area contributed by atoms with Gasteiger partial charge in [0.1, 0.15) is 0 Å². The van der Waals surface area contributed by atoms with Gasteiger partial charge < -0.3 is 5.32 Å². The van der Waals surface area contributed by atoms with Crippen LogP contribution >= 0.6 is 11.6 Å². The average molecular weight is 377 g/mol. The van der Waals surface area contributed by atoms with Crippen molar-refractivity contribution >= 4 is 33.6 Å². The Hall–Kier alpha value is -1.84. The maximum Gasteiger partial charge on any atom is 0.333 e. The van der Waals surface area contributed by atoms with Crippen molar-refractivity contribution in [2.45, 2.75) is 18.7 Å². The van der Waals surface area contributed by atoms with Crippen LogP contribution in [-0.2, 0) is 10.0 Å². The fraction of sp³-hybridized carbons (Fsp3) is 0.429. The lowest BCUT2D eigenvalue weighted by Crippen LogP contribution is -2.47. The quantitative estimate of drug-likeness (QED) is 0.485. The molecule has 0 spiro atoms. The Labute approximate surface area is 146 Å². The number of carbonyl (C=O) groups excluding carboxylic acids is 2. The SMILES string of the molecule is CCN(CC)S(=O)(=O)c1cccc(C(=O)NNC(=O)NCCCl)c1. The van der Waals surface area contributed by atoms with E-state index in [9.17, 15) is 18.0 Å². The van der Waals surface area contributed by atoms with Crippen molar-refractivity contribution in [2.75, 3.05) is 25.5 Å². The number of nitrogens with zero attached hydrogens (tertiary/aromatic N) is 1. The summed E-state index contributed by atoms with van der Waals surface area (Å²) in [6, 6.07) is 5.00. The predicted molar refractivity (Wildman–Crippen MR) is 91.3 cm³/mol. The Morgan fingerprint density at radius 2 is 1.83 bits per heavy atom. The molecule has 0 fully saturated rings. The number of urea groups is 1. The van der Waals surface area contributed by atoms with E-state index in [0.717, 1.165) is 0 Å². The van der Waals surface area contributed by atoms with Crippen LogP contribution in [0.3, 0.4) is 0 Å². The molecule has 0 atom stereocenters. The minimum absolute atomic E-state index is 0.0189. The summed E-state index contributed by atoms with van der Waals surface area (Å²) in [5.74, 6) is -0.389. The first-order chi connectivity index (χ1) is 11.4. The zero-order valence-corrected chi connectivity index (χ0v) is 15.1. The molecule has 0 saturated carbocycles. The Bertz CT molecular complexity index is 677. The van der Waals surface area contributed by atoms with Gasteiger partial charge in [0.15, 0.2) is 0 Å². The lowest BCUT2D eigenvalue weighted by atomic mass is 10.2. The van der Waals surface area contributed by atoms with E-state index in [1.807, 2.05) is 0 Å². The molecule has 1 aromatic rings. The summed E-state index contributed by atoms with van der Waals surface area (Å²) in [5, 5.41) is 2.41. The molecule has 10 heteroatoms. The number of nitrogens with one attached hydrogen (secondary N) is 3. The fourth-order valence-electron chi connectivity index (χ4n) is 1.90. The highest BCUT2D eigenvalue weighted by Gasteiger charge is 2.22. The largest absolute Gasteiger partial charge is 0.336 e. The topological polar surface area (TPSA) is 108 Å². The van der Waals surface area contributed by atoms with E-state index in [4.69, 9.17) is 11.6 Å². The van der Waals surface area contributed by atoms with E-state index in [1.54, 1.807) is 13.8 Å². The van der Waals surface area contributed by atoms with Crippen molar-refractivity contribution in [1.29, 1.82) is 0 Å². The molecular weight excluding hydrogens is 356 g/mol. The van der Waals surface area contributed by atoms with Crippen LogP contribution in [0.4, 0.5) is 4.79 Å². The summed E-state index contributed by atoms with van der Waals surface area (Å²) >= 11 is 5.42. The molecule has 0 aliphatic carbocycles. The zero-order valence-electron chi connectivity index (χ0n) is 13.5. The van der Waals surface area contributed by atoms with Crippen LogP contribution in [0.5, 0.6) is 0 Å². The first-order valence-corrected chi connectivity index (χ1v) is 9.34. The Morgan fingerprint density at radius 1 is 1.17 bits per heavy atom. The standard InChI is InChI=1S/C14H21ClN4O4S/c1-3-19(4-2)24(22,23)12-7-5-6-11(10-12)13(20)17-18-14(21)16-9-8-15/h5-7,10H,3-4,8-9H2,1-2H3,(H,17,20)(H2,16,18,21). The summed E-state index contributed by atoms with van der Waals surface area (Å²) in [6.07, 6.45) is 0. The molecule has 0 bridgehead atoms. The molecule has 3 N–H and O–H groups in total. The number of halogens is 1. The number of carbonyl (C=O) groups is 2. The summed E-state index contributed by atoms with van der Waals surface area (Å²) in [6.45, 7) is 4.39. The van der Waals surface area contributed by atoms with E-state index < -0.39 is 22.0 Å². The molecule has 0 aliphatic heterocycles. The van der Waals surface area contributed by atoms with Crippen molar-refractivity contribution in [3.63, 3.8) is 0 Å². The smallest absolute Gasteiger partial charge is 0.333 e. The summed E-state index contributed by atoms with van der Waals surface area (Å²) in [5.41, 5.74) is 4.45.